The maximum atomic E-state index is 11.7. The van der Waals surface area contributed by atoms with Crippen LogP contribution in [0.4, 0.5) is 33.6 Å². The van der Waals surface area contributed by atoms with Crippen LogP contribution in [0.15, 0.2) is 54.7 Å². The molecule has 170 valence electrons. The second-order valence-electron chi connectivity index (χ2n) is 7.35. The summed E-state index contributed by atoms with van der Waals surface area (Å²) in [4.78, 5) is 34.9. The Labute approximate surface area is 195 Å². The van der Waals surface area contributed by atoms with E-state index in [1.165, 1.54) is 11.1 Å². The molecule has 0 unspecified atom stereocenters. The molecular weight excluding hydrogens is 446 g/mol. The number of primary amides is 1. The summed E-state index contributed by atoms with van der Waals surface area (Å²) in [5.41, 5.74) is 8.03. The molecule has 2 heterocycles. The number of aromatic nitrogens is 2. The molecule has 0 radical (unpaired) electrons. The van der Waals surface area contributed by atoms with Crippen LogP contribution < -0.4 is 21.3 Å². The van der Waals surface area contributed by atoms with E-state index >= 15 is 0 Å². The fourth-order valence-corrected chi connectivity index (χ4v) is 3.63. The van der Waals surface area contributed by atoms with Gasteiger partial charge in [0.15, 0.2) is 5.82 Å². The third kappa shape index (κ3) is 5.24. The van der Waals surface area contributed by atoms with Crippen LogP contribution in [0.1, 0.15) is 10.4 Å². The van der Waals surface area contributed by atoms with Gasteiger partial charge in [-0.3, -0.25) is 4.79 Å². The summed E-state index contributed by atoms with van der Waals surface area (Å²) >= 11 is 6.24. The predicted octanol–water partition coefficient (Wildman–Crippen LogP) is 3.52. The summed E-state index contributed by atoms with van der Waals surface area (Å²) in [5.74, 6) is 0.0863. The van der Waals surface area contributed by atoms with Gasteiger partial charge in [0.1, 0.15) is 5.02 Å². The van der Waals surface area contributed by atoms with E-state index in [1.807, 2.05) is 24.3 Å². The van der Waals surface area contributed by atoms with E-state index in [0.29, 0.717) is 49.2 Å². The minimum Gasteiger partial charge on any atom is -0.465 e. The molecule has 10 nitrogen and oxygen atoms in total. The number of hydrogen-bond acceptors (Lipinski definition) is 7. The van der Waals surface area contributed by atoms with Gasteiger partial charge in [-0.25, -0.2) is 9.78 Å². The quantitative estimate of drug-likeness (QED) is 0.432. The van der Waals surface area contributed by atoms with Crippen molar-refractivity contribution in [1.82, 2.24) is 14.9 Å². The van der Waals surface area contributed by atoms with Gasteiger partial charge >= 0.3 is 6.09 Å². The SMILES string of the molecule is NC(=O)c1ccccc1Nc1nc(Nc2ccc(N3CCN(C(=O)O)CC3)cc2)ncc1Cl. The standard InChI is InChI=1S/C22H22ClN7O3/c23-17-13-25-21(28-20(17)27-18-4-2-1-3-16(18)19(24)31)26-14-5-7-15(8-6-14)29-9-11-30(12-10-29)22(32)33/h1-8,13H,9-12H2,(H2,24,31)(H,32,33)(H2,25,26,27,28). The van der Waals surface area contributed by atoms with Crippen LogP contribution in [0.2, 0.25) is 5.02 Å². The van der Waals surface area contributed by atoms with E-state index in [1.54, 1.807) is 24.3 Å². The fraction of sp³-hybridized carbons (Fsp3) is 0.182. The van der Waals surface area contributed by atoms with Gasteiger partial charge in [0, 0.05) is 37.6 Å². The van der Waals surface area contributed by atoms with E-state index in [9.17, 15) is 9.59 Å². The normalized spacial score (nSPS) is 13.5. The highest BCUT2D eigenvalue weighted by Crippen LogP contribution is 2.27. The second kappa shape index (κ2) is 9.61. The highest BCUT2D eigenvalue weighted by molar-refractivity contribution is 6.33. The molecule has 1 aliphatic heterocycles. The van der Waals surface area contributed by atoms with E-state index in [2.05, 4.69) is 25.5 Å². The number of nitrogens with two attached hydrogens (primary N) is 1. The first-order valence-electron chi connectivity index (χ1n) is 10.2. The number of carbonyl (C=O) groups is 2. The first-order valence-corrected chi connectivity index (χ1v) is 10.6. The molecule has 0 saturated carbocycles. The molecule has 0 bridgehead atoms. The molecule has 1 fully saturated rings. The van der Waals surface area contributed by atoms with Gasteiger partial charge in [-0.15, -0.1) is 0 Å². The number of carbonyl (C=O) groups excluding carboxylic acids is 1. The zero-order valence-corrected chi connectivity index (χ0v) is 18.3. The third-order valence-corrected chi connectivity index (χ3v) is 5.51. The van der Waals surface area contributed by atoms with Gasteiger partial charge in [0.2, 0.25) is 5.95 Å². The second-order valence-corrected chi connectivity index (χ2v) is 7.76. The molecule has 11 heteroatoms. The Hall–Kier alpha value is -4.05. The highest BCUT2D eigenvalue weighted by atomic mass is 35.5. The number of benzene rings is 2. The maximum absolute atomic E-state index is 11.7. The Morgan fingerprint density at radius 2 is 1.70 bits per heavy atom. The van der Waals surface area contributed by atoms with Gasteiger partial charge in [-0.1, -0.05) is 23.7 Å². The van der Waals surface area contributed by atoms with Crippen molar-refractivity contribution in [2.45, 2.75) is 0 Å². The van der Waals surface area contributed by atoms with Gasteiger partial charge < -0.3 is 31.3 Å². The molecule has 1 saturated heterocycles. The van der Waals surface area contributed by atoms with Crippen LogP contribution in [-0.2, 0) is 0 Å². The molecule has 2 amide bonds. The van der Waals surface area contributed by atoms with Crippen molar-refractivity contribution in [3.63, 3.8) is 0 Å². The van der Waals surface area contributed by atoms with Crippen molar-refractivity contribution >= 4 is 52.4 Å². The molecule has 5 N–H and O–H groups in total. The number of anilines is 5. The molecule has 0 spiro atoms. The largest absolute Gasteiger partial charge is 0.465 e. The average Bonchev–Trinajstić information content (AvgIpc) is 2.82. The lowest BCUT2D eigenvalue weighted by Gasteiger charge is -2.34. The summed E-state index contributed by atoms with van der Waals surface area (Å²) < 4.78 is 0. The van der Waals surface area contributed by atoms with E-state index in [4.69, 9.17) is 22.4 Å². The molecule has 3 aromatic rings. The number of hydrogen-bond donors (Lipinski definition) is 4. The zero-order valence-electron chi connectivity index (χ0n) is 17.5. The Balaban J connectivity index is 1.45. The number of nitrogens with zero attached hydrogens (tertiary/aromatic N) is 4. The molecular formula is C22H22ClN7O3. The third-order valence-electron chi connectivity index (χ3n) is 5.23. The van der Waals surface area contributed by atoms with Crippen molar-refractivity contribution in [3.05, 3.63) is 65.3 Å². The topological polar surface area (TPSA) is 137 Å². The minimum absolute atomic E-state index is 0.288. The van der Waals surface area contributed by atoms with E-state index < -0.39 is 12.0 Å². The predicted molar refractivity (Wildman–Crippen MR) is 127 cm³/mol. The van der Waals surface area contributed by atoms with Crippen molar-refractivity contribution in [1.29, 1.82) is 0 Å². The van der Waals surface area contributed by atoms with Gasteiger partial charge in [-0.2, -0.15) is 4.98 Å². The van der Waals surface area contributed by atoms with E-state index in [0.717, 1.165) is 11.4 Å². The van der Waals surface area contributed by atoms with Crippen molar-refractivity contribution in [2.24, 2.45) is 5.73 Å². The molecule has 1 aliphatic rings. The summed E-state index contributed by atoms with van der Waals surface area (Å²) in [5, 5.41) is 15.5. The molecule has 0 aliphatic carbocycles. The lowest BCUT2D eigenvalue weighted by atomic mass is 10.1. The summed E-state index contributed by atoms with van der Waals surface area (Å²) in [6.45, 7) is 2.23. The number of rotatable bonds is 6. The van der Waals surface area contributed by atoms with Gasteiger partial charge in [0.05, 0.1) is 17.4 Å². The lowest BCUT2D eigenvalue weighted by Crippen LogP contribution is -2.48. The van der Waals surface area contributed by atoms with Gasteiger partial charge in [0.25, 0.3) is 5.91 Å². The van der Waals surface area contributed by atoms with Crippen LogP contribution in [-0.4, -0.2) is 58.2 Å². The van der Waals surface area contributed by atoms with Crippen LogP contribution in [0, 0.1) is 0 Å². The van der Waals surface area contributed by atoms with Gasteiger partial charge in [-0.05, 0) is 36.4 Å². The molecule has 0 atom stereocenters. The Bertz CT molecular complexity index is 1160. The molecule has 1 aromatic heterocycles. The number of carboxylic acid groups (broad SMARTS) is 1. The fourth-order valence-electron chi connectivity index (χ4n) is 3.49. The van der Waals surface area contributed by atoms with Crippen molar-refractivity contribution in [3.8, 4) is 0 Å². The van der Waals surface area contributed by atoms with E-state index in [-0.39, 0.29) is 5.02 Å². The Morgan fingerprint density at radius 1 is 1.00 bits per heavy atom. The number of piperazine rings is 1. The number of amides is 2. The Kier molecular flexibility index (Phi) is 6.45. The smallest absolute Gasteiger partial charge is 0.407 e. The van der Waals surface area contributed by atoms with Crippen LogP contribution in [0.3, 0.4) is 0 Å². The van der Waals surface area contributed by atoms with Crippen LogP contribution >= 0.6 is 11.6 Å². The minimum atomic E-state index is -0.885. The van der Waals surface area contributed by atoms with Crippen molar-refractivity contribution < 1.29 is 14.7 Å². The number of nitrogens with one attached hydrogen (secondary N) is 2. The number of para-hydroxylation sites is 1. The summed E-state index contributed by atoms with van der Waals surface area (Å²) in [6.07, 6.45) is 0.576. The monoisotopic (exact) mass is 467 g/mol. The number of halogens is 1. The van der Waals surface area contributed by atoms with Crippen LogP contribution in [0.5, 0.6) is 0 Å². The maximum Gasteiger partial charge on any atom is 0.407 e. The first kappa shape index (κ1) is 22.2. The average molecular weight is 468 g/mol. The lowest BCUT2D eigenvalue weighted by molar-refractivity contribution is 0.100. The molecule has 33 heavy (non-hydrogen) atoms. The van der Waals surface area contributed by atoms with Crippen LogP contribution in [0.25, 0.3) is 0 Å². The Morgan fingerprint density at radius 3 is 2.36 bits per heavy atom. The summed E-state index contributed by atoms with van der Waals surface area (Å²) in [6, 6.07) is 14.5. The summed E-state index contributed by atoms with van der Waals surface area (Å²) in [7, 11) is 0. The molecule has 2 aromatic carbocycles. The van der Waals surface area contributed by atoms with Crippen molar-refractivity contribution in [2.75, 3.05) is 41.7 Å². The molecule has 4 rings (SSSR count). The highest BCUT2D eigenvalue weighted by Gasteiger charge is 2.20. The first-order chi connectivity index (χ1) is 15.9. The zero-order chi connectivity index (χ0) is 23.4.